The number of rotatable bonds is 4. The maximum atomic E-state index is 11.8. The smallest absolute Gasteiger partial charge is 0.342 e. The number of phenolic OH excluding ortho intramolecular Hbond substituents is 1. The Labute approximate surface area is 94.8 Å². The van der Waals surface area contributed by atoms with Crippen molar-refractivity contribution in [2.45, 2.75) is 19.4 Å². The van der Waals surface area contributed by atoms with E-state index in [2.05, 4.69) is 0 Å². The van der Waals surface area contributed by atoms with Crippen LogP contribution in [0.25, 0.3) is 0 Å². The maximum Gasteiger partial charge on any atom is 0.342 e. The lowest BCUT2D eigenvalue weighted by Gasteiger charge is -2.26. The SMILES string of the molecule is CCOC(=O)C(C)(OC)c1cccc(O)c1. The van der Waals surface area contributed by atoms with Gasteiger partial charge in [0.2, 0.25) is 0 Å². The highest BCUT2D eigenvalue weighted by atomic mass is 16.6. The molecule has 1 N–H and O–H groups in total. The van der Waals surface area contributed by atoms with Crippen LogP contribution < -0.4 is 0 Å². The topological polar surface area (TPSA) is 55.8 Å². The highest BCUT2D eigenvalue weighted by molar-refractivity contribution is 5.81. The molecule has 1 rings (SSSR count). The standard InChI is InChI=1S/C12H16O4/c1-4-16-11(14)12(2,15-3)9-6-5-7-10(13)8-9/h5-8,13H,4H2,1-3H3. The van der Waals surface area contributed by atoms with Gasteiger partial charge in [0.05, 0.1) is 6.61 Å². The fourth-order valence-electron chi connectivity index (χ4n) is 1.39. The van der Waals surface area contributed by atoms with Crippen LogP contribution in [0, 0.1) is 0 Å². The molecule has 0 bridgehead atoms. The van der Waals surface area contributed by atoms with Crippen LogP contribution in [0.4, 0.5) is 0 Å². The first-order valence-electron chi connectivity index (χ1n) is 5.06. The Morgan fingerprint density at radius 1 is 1.50 bits per heavy atom. The largest absolute Gasteiger partial charge is 0.508 e. The monoisotopic (exact) mass is 224 g/mol. The zero-order valence-corrected chi connectivity index (χ0v) is 9.69. The molecule has 0 aliphatic rings. The highest BCUT2D eigenvalue weighted by Gasteiger charge is 2.37. The van der Waals surface area contributed by atoms with Crippen molar-refractivity contribution in [3.63, 3.8) is 0 Å². The molecule has 0 amide bonds. The third-order valence-corrected chi connectivity index (χ3v) is 2.47. The van der Waals surface area contributed by atoms with Crippen molar-refractivity contribution in [2.24, 2.45) is 0 Å². The van der Waals surface area contributed by atoms with Gasteiger partial charge in [-0.15, -0.1) is 0 Å². The number of hydrogen-bond acceptors (Lipinski definition) is 4. The minimum atomic E-state index is -1.19. The summed E-state index contributed by atoms with van der Waals surface area (Å²) < 4.78 is 10.2. The van der Waals surface area contributed by atoms with Gasteiger partial charge in [0, 0.05) is 7.11 Å². The molecule has 16 heavy (non-hydrogen) atoms. The lowest BCUT2D eigenvalue weighted by Crippen LogP contribution is -2.36. The maximum absolute atomic E-state index is 11.8. The number of carbonyl (C=O) groups is 1. The third kappa shape index (κ3) is 2.33. The molecule has 0 aliphatic heterocycles. The van der Waals surface area contributed by atoms with Gasteiger partial charge in [-0.1, -0.05) is 12.1 Å². The fraction of sp³-hybridized carbons (Fsp3) is 0.417. The number of ether oxygens (including phenoxy) is 2. The van der Waals surface area contributed by atoms with Gasteiger partial charge in [-0.3, -0.25) is 0 Å². The summed E-state index contributed by atoms with van der Waals surface area (Å²) >= 11 is 0. The van der Waals surface area contributed by atoms with Crippen molar-refractivity contribution in [3.05, 3.63) is 29.8 Å². The summed E-state index contributed by atoms with van der Waals surface area (Å²) in [5, 5.41) is 9.38. The van der Waals surface area contributed by atoms with Gasteiger partial charge in [0.1, 0.15) is 5.75 Å². The molecule has 1 unspecified atom stereocenters. The van der Waals surface area contributed by atoms with Crippen LogP contribution in [0.3, 0.4) is 0 Å². The molecular formula is C12H16O4. The van der Waals surface area contributed by atoms with Crippen molar-refractivity contribution in [1.82, 2.24) is 0 Å². The van der Waals surface area contributed by atoms with Gasteiger partial charge in [-0.2, -0.15) is 0 Å². The van der Waals surface area contributed by atoms with Crippen molar-refractivity contribution in [3.8, 4) is 5.75 Å². The van der Waals surface area contributed by atoms with Crippen LogP contribution in [0.2, 0.25) is 0 Å². The van der Waals surface area contributed by atoms with Gasteiger partial charge in [-0.25, -0.2) is 4.79 Å². The minimum absolute atomic E-state index is 0.0880. The number of carbonyl (C=O) groups excluding carboxylic acids is 1. The van der Waals surface area contributed by atoms with Crippen LogP contribution in [-0.4, -0.2) is 24.8 Å². The first-order valence-corrected chi connectivity index (χ1v) is 5.06. The molecule has 88 valence electrons. The predicted octanol–water partition coefficient (Wildman–Crippen LogP) is 1.82. The second-order valence-electron chi connectivity index (χ2n) is 3.51. The molecule has 0 spiro atoms. The summed E-state index contributed by atoms with van der Waals surface area (Å²) in [6.45, 7) is 3.63. The molecule has 1 aromatic carbocycles. The Balaban J connectivity index is 3.09. The molecule has 0 aliphatic carbocycles. The summed E-state index contributed by atoms with van der Waals surface area (Å²) in [6.07, 6.45) is 0. The zero-order valence-electron chi connectivity index (χ0n) is 9.69. The second kappa shape index (κ2) is 4.99. The molecular weight excluding hydrogens is 208 g/mol. The number of hydrogen-bond donors (Lipinski definition) is 1. The molecule has 0 radical (unpaired) electrons. The minimum Gasteiger partial charge on any atom is -0.508 e. The van der Waals surface area contributed by atoms with E-state index in [1.807, 2.05) is 0 Å². The highest BCUT2D eigenvalue weighted by Crippen LogP contribution is 2.28. The number of aromatic hydroxyl groups is 1. The van der Waals surface area contributed by atoms with E-state index in [9.17, 15) is 9.90 Å². The van der Waals surface area contributed by atoms with Crippen LogP contribution in [0.15, 0.2) is 24.3 Å². The quantitative estimate of drug-likeness (QED) is 0.792. The van der Waals surface area contributed by atoms with E-state index < -0.39 is 11.6 Å². The van der Waals surface area contributed by atoms with Crippen molar-refractivity contribution in [2.75, 3.05) is 13.7 Å². The second-order valence-corrected chi connectivity index (χ2v) is 3.51. The predicted molar refractivity (Wildman–Crippen MR) is 59.1 cm³/mol. The molecule has 1 atom stereocenters. The Morgan fingerprint density at radius 2 is 2.19 bits per heavy atom. The number of benzene rings is 1. The molecule has 0 saturated heterocycles. The van der Waals surface area contributed by atoms with E-state index in [-0.39, 0.29) is 12.4 Å². The Morgan fingerprint density at radius 3 is 2.69 bits per heavy atom. The van der Waals surface area contributed by atoms with E-state index in [4.69, 9.17) is 9.47 Å². The van der Waals surface area contributed by atoms with E-state index in [0.29, 0.717) is 5.56 Å². The van der Waals surface area contributed by atoms with Crippen molar-refractivity contribution < 1.29 is 19.4 Å². The van der Waals surface area contributed by atoms with Crippen LogP contribution >= 0.6 is 0 Å². The third-order valence-electron chi connectivity index (χ3n) is 2.47. The van der Waals surface area contributed by atoms with E-state index in [1.54, 1.807) is 26.0 Å². The van der Waals surface area contributed by atoms with E-state index in [0.717, 1.165) is 0 Å². The summed E-state index contributed by atoms with van der Waals surface area (Å²) in [5.41, 5.74) is -0.622. The van der Waals surface area contributed by atoms with Crippen molar-refractivity contribution in [1.29, 1.82) is 0 Å². The first-order chi connectivity index (χ1) is 7.54. The van der Waals surface area contributed by atoms with Crippen LogP contribution in [-0.2, 0) is 19.9 Å². The Kier molecular flexibility index (Phi) is 3.90. The van der Waals surface area contributed by atoms with Gasteiger partial charge in [0.25, 0.3) is 0 Å². The zero-order chi connectivity index (χ0) is 12.2. The number of phenols is 1. The average Bonchev–Trinajstić information content (AvgIpc) is 2.28. The number of methoxy groups -OCH3 is 1. The lowest BCUT2D eigenvalue weighted by atomic mass is 9.95. The molecule has 0 fully saturated rings. The average molecular weight is 224 g/mol. The number of esters is 1. The molecule has 4 heteroatoms. The van der Waals surface area contributed by atoms with Gasteiger partial charge in [-0.05, 0) is 31.5 Å². The molecule has 0 heterocycles. The first kappa shape index (κ1) is 12.5. The summed E-state index contributed by atoms with van der Waals surface area (Å²) in [5.74, 6) is -0.381. The van der Waals surface area contributed by atoms with Gasteiger partial charge in [0.15, 0.2) is 5.60 Å². The molecule has 1 aromatic rings. The normalized spacial score (nSPS) is 14.2. The van der Waals surface area contributed by atoms with Crippen LogP contribution in [0.1, 0.15) is 19.4 Å². The van der Waals surface area contributed by atoms with Crippen molar-refractivity contribution >= 4 is 5.97 Å². The summed E-state index contributed by atoms with van der Waals surface area (Å²) in [6, 6.07) is 6.38. The summed E-state index contributed by atoms with van der Waals surface area (Å²) in [4.78, 5) is 11.8. The summed E-state index contributed by atoms with van der Waals surface area (Å²) in [7, 11) is 1.43. The Hall–Kier alpha value is -1.55. The van der Waals surface area contributed by atoms with Gasteiger partial charge < -0.3 is 14.6 Å². The molecule has 0 saturated carbocycles. The van der Waals surface area contributed by atoms with Crippen LogP contribution in [0.5, 0.6) is 5.75 Å². The van der Waals surface area contributed by atoms with Gasteiger partial charge >= 0.3 is 5.97 Å². The Bertz CT molecular complexity index is 375. The molecule has 4 nitrogen and oxygen atoms in total. The van der Waals surface area contributed by atoms with E-state index in [1.165, 1.54) is 19.2 Å². The lowest BCUT2D eigenvalue weighted by molar-refractivity contribution is -0.168. The fourth-order valence-corrected chi connectivity index (χ4v) is 1.39. The van der Waals surface area contributed by atoms with E-state index >= 15 is 0 Å². The molecule has 0 aromatic heterocycles.